The molecule has 6 nitrogen and oxygen atoms in total. The van der Waals surface area contributed by atoms with Crippen molar-refractivity contribution in [2.24, 2.45) is 0 Å². The first kappa shape index (κ1) is 19.4. The number of methoxy groups -OCH3 is 1. The average Bonchev–Trinajstić information content (AvgIpc) is 3.37. The number of carbonyl (C=O) groups is 1. The highest BCUT2D eigenvalue weighted by Gasteiger charge is 2.49. The van der Waals surface area contributed by atoms with Crippen LogP contribution in [0.15, 0.2) is 36.7 Å². The molecule has 2 aliphatic heterocycles. The van der Waals surface area contributed by atoms with Crippen LogP contribution in [-0.2, 0) is 16.8 Å². The topological polar surface area (TPSA) is 63.7 Å². The molecule has 1 spiro atoms. The summed E-state index contributed by atoms with van der Waals surface area (Å²) in [5, 5.41) is 3.14. The molecular weight excluding hydrogens is 378 g/mol. The van der Waals surface area contributed by atoms with E-state index in [9.17, 15) is 4.79 Å². The summed E-state index contributed by atoms with van der Waals surface area (Å²) >= 11 is 0. The van der Waals surface area contributed by atoms with E-state index >= 15 is 0 Å². The maximum Gasteiger partial charge on any atom is 0.235 e. The number of aromatic nitrogens is 1. The SMILES string of the molecule is COc1cc2c(cc1OC1CCCC1)NC(=O)C21CCN(Cc2cccnc2)CC1. The van der Waals surface area contributed by atoms with Crippen molar-refractivity contribution < 1.29 is 14.3 Å². The molecule has 0 unspecified atom stereocenters. The van der Waals surface area contributed by atoms with Crippen LogP contribution in [0.3, 0.4) is 0 Å². The van der Waals surface area contributed by atoms with Crippen molar-refractivity contribution >= 4 is 11.6 Å². The molecular formula is C24H29N3O3. The summed E-state index contributed by atoms with van der Waals surface area (Å²) < 4.78 is 11.9. The lowest BCUT2D eigenvalue weighted by Gasteiger charge is -2.38. The van der Waals surface area contributed by atoms with Crippen molar-refractivity contribution in [3.05, 3.63) is 47.8 Å². The van der Waals surface area contributed by atoms with Crippen LogP contribution in [-0.4, -0.2) is 42.1 Å². The van der Waals surface area contributed by atoms with E-state index in [0.717, 1.165) is 68.1 Å². The lowest BCUT2D eigenvalue weighted by atomic mass is 9.73. The summed E-state index contributed by atoms with van der Waals surface area (Å²) in [5.74, 6) is 1.59. The first-order chi connectivity index (χ1) is 14.7. The standard InChI is InChI=1S/C24H29N3O3/c1-29-21-13-19-20(14-22(21)30-18-6-2-3-7-18)26-23(28)24(19)8-11-27(12-9-24)16-17-5-4-10-25-15-17/h4-5,10,13-15,18H,2-3,6-9,11-12,16H2,1H3,(H,26,28). The average molecular weight is 408 g/mol. The maximum atomic E-state index is 13.1. The number of likely N-dealkylation sites (tertiary alicyclic amines) is 1. The molecule has 3 aliphatic rings. The molecule has 158 valence electrons. The van der Waals surface area contributed by atoms with Crippen molar-refractivity contribution in [2.75, 3.05) is 25.5 Å². The highest BCUT2D eigenvalue weighted by atomic mass is 16.5. The van der Waals surface area contributed by atoms with Gasteiger partial charge in [0.1, 0.15) is 0 Å². The fourth-order valence-electron chi connectivity index (χ4n) is 5.20. The molecule has 2 fully saturated rings. The van der Waals surface area contributed by atoms with Crippen LogP contribution in [0.4, 0.5) is 5.69 Å². The summed E-state index contributed by atoms with van der Waals surface area (Å²) in [7, 11) is 1.68. The highest BCUT2D eigenvalue weighted by molar-refractivity contribution is 6.06. The number of ether oxygens (including phenoxy) is 2. The number of benzene rings is 1. The largest absolute Gasteiger partial charge is 0.493 e. The first-order valence-electron chi connectivity index (χ1n) is 11.0. The van der Waals surface area contributed by atoms with Gasteiger partial charge in [-0.15, -0.1) is 0 Å². The smallest absolute Gasteiger partial charge is 0.235 e. The number of anilines is 1. The van der Waals surface area contributed by atoms with Gasteiger partial charge in [-0.1, -0.05) is 6.07 Å². The number of carbonyl (C=O) groups excluding carboxylic acids is 1. The van der Waals surface area contributed by atoms with E-state index < -0.39 is 5.41 Å². The Kier molecular flexibility index (Phi) is 5.11. The Hall–Kier alpha value is -2.60. The third kappa shape index (κ3) is 3.43. The highest BCUT2D eigenvalue weighted by Crippen LogP contribution is 2.49. The number of nitrogens with zero attached hydrogens (tertiary/aromatic N) is 2. The minimum atomic E-state index is -0.472. The van der Waals surface area contributed by atoms with Gasteiger partial charge in [0.2, 0.25) is 5.91 Å². The van der Waals surface area contributed by atoms with Gasteiger partial charge >= 0.3 is 0 Å². The molecule has 1 aromatic carbocycles. The number of hydrogen-bond acceptors (Lipinski definition) is 5. The van der Waals surface area contributed by atoms with Gasteiger partial charge in [-0.3, -0.25) is 14.7 Å². The molecule has 6 heteroatoms. The van der Waals surface area contributed by atoms with Crippen molar-refractivity contribution in [1.82, 2.24) is 9.88 Å². The second-order valence-electron chi connectivity index (χ2n) is 8.75. The number of pyridine rings is 1. The Morgan fingerprint density at radius 2 is 2.00 bits per heavy atom. The van der Waals surface area contributed by atoms with E-state index in [-0.39, 0.29) is 12.0 Å². The number of fused-ring (bicyclic) bond motifs is 2. The molecule has 2 aromatic rings. The van der Waals surface area contributed by atoms with Crippen LogP contribution < -0.4 is 14.8 Å². The van der Waals surface area contributed by atoms with E-state index in [0.29, 0.717) is 0 Å². The summed E-state index contributed by atoms with van der Waals surface area (Å²) in [6.07, 6.45) is 10.2. The van der Waals surface area contributed by atoms with E-state index in [1.165, 1.54) is 18.4 Å². The van der Waals surface area contributed by atoms with Gasteiger partial charge in [-0.05, 0) is 74.9 Å². The Morgan fingerprint density at radius 1 is 1.20 bits per heavy atom. The molecule has 0 bridgehead atoms. The lowest BCUT2D eigenvalue weighted by Crippen LogP contribution is -2.46. The first-order valence-corrected chi connectivity index (χ1v) is 11.0. The van der Waals surface area contributed by atoms with E-state index in [1.807, 2.05) is 24.4 Å². The second-order valence-corrected chi connectivity index (χ2v) is 8.75. The number of hydrogen-bond donors (Lipinski definition) is 1. The second kappa shape index (κ2) is 7.91. The van der Waals surface area contributed by atoms with Crippen LogP contribution >= 0.6 is 0 Å². The van der Waals surface area contributed by atoms with Gasteiger partial charge in [0, 0.05) is 30.7 Å². The quantitative estimate of drug-likeness (QED) is 0.815. The zero-order valence-electron chi connectivity index (χ0n) is 17.5. The van der Waals surface area contributed by atoms with Gasteiger partial charge in [0.15, 0.2) is 11.5 Å². The molecule has 1 saturated heterocycles. The van der Waals surface area contributed by atoms with Crippen LogP contribution in [0.1, 0.15) is 49.7 Å². The predicted molar refractivity (Wildman–Crippen MR) is 115 cm³/mol. The molecule has 1 saturated carbocycles. The van der Waals surface area contributed by atoms with Crippen molar-refractivity contribution in [2.45, 2.75) is 56.6 Å². The number of nitrogens with one attached hydrogen (secondary N) is 1. The Labute approximate surface area is 177 Å². The van der Waals surface area contributed by atoms with Crippen LogP contribution in [0.2, 0.25) is 0 Å². The normalized spacial score (nSPS) is 20.9. The Morgan fingerprint density at radius 3 is 2.70 bits per heavy atom. The van der Waals surface area contributed by atoms with Crippen LogP contribution in [0.5, 0.6) is 11.5 Å². The minimum Gasteiger partial charge on any atom is -0.493 e. The van der Waals surface area contributed by atoms with Gasteiger partial charge in [0.05, 0.1) is 18.6 Å². The fourth-order valence-corrected chi connectivity index (χ4v) is 5.20. The summed E-state index contributed by atoms with van der Waals surface area (Å²) in [6.45, 7) is 2.63. The summed E-state index contributed by atoms with van der Waals surface area (Å²) in [6, 6.07) is 8.08. The zero-order chi connectivity index (χ0) is 20.6. The third-order valence-electron chi connectivity index (χ3n) is 6.94. The van der Waals surface area contributed by atoms with Crippen molar-refractivity contribution in [3.63, 3.8) is 0 Å². The van der Waals surface area contributed by atoms with E-state index in [4.69, 9.17) is 9.47 Å². The molecule has 0 radical (unpaired) electrons. The number of amides is 1. The zero-order valence-corrected chi connectivity index (χ0v) is 17.5. The molecule has 3 heterocycles. The maximum absolute atomic E-state index is 13.1. The van der Waals surface area contributed by atoms with Gasteiger partial charge < -0.3 is 14.8 Å². The molecule has 30 heavy (non-hydrogen) atoms. The van der Waals surface area contributed by atoms with Crippen LogP contribution in [0.25, 0.3) is 0 Å². The molecule has 1 aromatic heterocycles. The fraction of sp³-hybridized carbons (Fsp3) is 0.500. The van der Waals surface area contributed by atoms with Gasteiger partial charge in [0.25, 0.3) is 0 Å². The third-order valence-corrected chi connectivity index (χ3v) is 6.94. The minimum absolute atomic E-state index is 0.110. The monoisotopic (exact) mass is 407 g/mol. The molecule has 1 aliphatic carbocycles. The van der Waals surface area contributed by atoms with Gasteiger partial charge in [-0.25, -0.2) is 0 Å². The summed E-state index contributed by atoms with van der Waals surface area (Å²) in [5.41, 5.74) is 2.68. The molecule has 1 N–H and O–H groups in total. The predicted octanol–water partition coefficient (Wildman–Crippen LogP) is 3.90. The van der Waals surface area contributed by atoms with E-state index in [1.54, 1.807) is 13.3 Å². The number of rotatable bonds is 5. The summed E-state index contributed by atoms with van der Waals surface area (Å²) in [4.78, 5) is 19.7. The Balaban J connectivity index is 1.36. The van der Waals surface area contributed by atoms with Crippen LogP contribution in [0, 0.1) is 0 Å². The molecule has 0 atom stereocenters. The van der Waals surface area contributed by atoms with Crippen molar-refractivity contribution in [1.29, 1.82) is 0 Å². The molecule has 1 amide bonds. The van der Waals surface area contributed by atoms with Crippen molar-refractivity contribution in [3.8, 4) is 11.5 Å². The number of piperidine rings is 1. The molecule has 5 rings (SSSR count). The van der Waals surface area contributed by atoms with E-state index in [2.05, 4.69) is 21.3 Å². The van der Waals surface area contributed by atoms with Gasteiger partial charge in [-0.2, -0.15) is 0 Å². The lowest BCUT2D eigenvalue weighted by molar-refractivity contribution is -0.122. The Bertz CT molecular complexity index is 917.